The van der Waals surface area contributed by atoms with Crippen molar-refractivity contribution in [2.24, 2.45) is 0 Å². The third kappa shape index (κ3) is 4.35. The highest BCUT2D eigenvalue weighted by Gasteiger charge is 2.29. The predicted molar refractivity (Wildman–Crippen MR) is 124 cm³/mol. The number of nitrogens with one attached hydrogen (secondary N) is 4. The fourth-order valence-electron chi connectivity index (χ4n) is 4.55. The fraction of sp³-hybridized carbons (Fsp3) is 0.391. The van der Waals surface area contributed by atoms with E-state index >= 15 is 0 Å². The predicted octanol–water partition coefficient (Wildman–Crippen LogP) is 4.00. The second-order valence-corrected chi connectivity index (χ2v) is 9.92. The minimum Gasteiger partial charge on any atom is -0.351 e. The van der Waals surface area contributed by atoms with Crippen LogP contribution in [0.15, 0.2) is 30.3 Å². The first-order valence-corrected chi connectivity index (χ1v) is 12.0. The molecule has 1 aromatic carbocycles. The van der Waals surface area contributed by atoms with E-state index in [1.165, 1.54) is 10.4 Å². The normalized spacial score (nSPS) is 20.9. The molecule has 2 atom stereocenters. The second-order valence-electron chi connectivity index (χ2n) is 8.34. The lowest BCUT2D eigenvalue weighted by molar-refractivity contribution is 0.0862. The van der Waals surface area contributed by atoms with E-state index in [0.29, 0.717) is 10.7 Å². The van der Waals surface area contributed by atoms with Gasteiger partial charge in [0.1, 0.15) is 5.69 Å². The maximum absolute atomic E-state index is 12.9. The lowest BCUT2D eigenvalue weighted by Crippen LogP contribution is -2.53. The molecule has 1 aliphatic heterocycles. The Hall–Kier alpha value is -2.35. The van der Waals surface area contributed by atoms with E-state index in [1.54, 1.807) is 17.4 Å². The quantitative estimate of drug-likeness (QED) is 0.478. The molecule has 0 radical (unpaired) electrons. The average Bonchev–Trinajstić information content (AvgIpc) is 3.39. The van der Waals surface area contributed by atoms with Crippen LogP contribution in [-0.4, -0.2) is 35.4 Å². The van der Waals surface area contributed by atoms with Gasteiger partial charge in [-0.15, -0.1) is 11.3 Å². The van der Waals surface area contributed by atoms with Gasteiger partial charge in [0, 0.05) is 46.0 Å². The van der Waals surface area contributed by atoms with Crippen molar-refractivity contribution in [3.05, 3.63) is 56.4 Å². The van der Waals surface area contributed by atoms with Gasteiger partial charge in [0.2, 0.25) is 0 Å². The van der Waals surface area contributed by atoms with E-state index in [9.17, 15) is 9.59 Å². The molecule has 1 fully saturated rings. The summed E-state index contributed by atoms with van der Waals surface area (Å²) in [5.74, 6) is -0.193. The SMILES string of the molecule is O=C(NC1CCCC[C@H]1NC(=O)c1cc2c(s1)CCNC2)c1cc2cc(Cl)ccc2[nH]1. The molecule has 2 aliphatic rings. The van der Waals surface area contributed by atoms with Crippen LogP contribution >= 0.6 is 22.9 Å². The summed E-state index contributed by atoms with van der Waals surface area (Å²) < 4.78 is 0. The van der Waals surface area contributed by atoms with Gasteiger partial charge < -0.3 is 20.9 Å². The van der Waals surface area contributed by atoms with Crippen LogP contribution in [0.5, 0.6) is 0 Å². The van der Waals surface area contributed by atoms with E-state index in [-0.39, 0.29) is 23.9 Å². The maximum Gasteiger partial charge on any atom is 0.268 e. The number of rotatable bonds is 4. The van der Waals surface area contributed by atoms with Crippen molar-refractivity contribution in [1.29, 1.82) is 0 Å². The molecule has 1 saturated carbocycles. The number of halogens is 1. The van der Waals surface area contributed by atoms with Crippen LogP contribution in [0.4, 0.5) is 0 Å². The van der Waals surface area contributed by atoms with Crippen molar-refractivity contribution < 1.29 is 9.59 Å². The van der Waals surface area contributed by atoms with Gasteiger partial charge >= 0.3 is 0 Å². The lowest BCUT2D eigenvalue weighted by Gasteiger charge is -2.32. The van der Waals surface area contributed by atoms with Crippen LogP contribution in [0.3, 0.4) is 0 Å². The van der Waals surface area contributed by atoms with Crippen LogP contribution in [0.1, 0.15) is 56.3 Å². The van der Waals surface area contributed by atoms with E-state index in [1.807, 2.05) is 24.3 Å². The van der Waals surface area contributed by atoms with Gasteiger partial charge in [-0.2, -0.15) is 0 Å². The van der Waals surface area contributed by atoms with Gasteiger partial charge in [-0.1, -0.05) is 24.4 Å². The number of amides is 2. The fourth-order valence-corrected chi connectivity index (χ4v) is 5.82. The maximum atomic E-state index is 12.9. The lowest BCUT2D eigenvalue weighted by atomic mass is 9.90. The standard InChI is InChI=1S/C23H25ClN4O2S/c24-15-5-6-16-13(9-15)10-19(26-16)22(29)27-17-3-1-2-4-18(17)28-23(30)21-11-14-12-25-8-7-20(14)31-21/h5-6,9-11,17-18,25-26H,1-4,7-8,12H2,(H,27,29)(H,28,30)/t17?,18-/m1/s1. The zero-order valence-electron chi connectivity index (χ0n) is 17.1. The Bertz CT molecular complexity index is 1110. The molecule has 3 aromatic rings. The summed E-state index contributed by atoms with van der Waals surface area (Å²) in [6.07, 6.45) is 4.79. The van der Waals surface area contributed by atoms with Gasteiger partial charge in [0.25, 0.3) is 11.8 Å². The van der Waals surface area contributed by atoms with E-state index in [2.05, 4.69) is 20.9 Å². The van der Waals surface area contributed by atoms with Crippen molar-refractivity contribution >= 4 is 45.7 Å². The Kier molecular flexibility index (Phi) is 5.73. The number of benzene rings is 1. The number of carbonyl (C=O) groups is 2. The molecule has 0 saturated heterocycles. The van der Waals surface area contributed by atoms with Crippen molar-refractivity contribution in [2.45, 2.75) is 50.7 Å². The smallest absolute Gasteiger partial charge is 0.268 e. The second kappa shape index (κ2) is 8.65. The molecule has 162 valence electrons. The van der Waals surface area contributed by atoms with Gasteiger partial charge in [-0.05, 0) is 55.2 Å². The van der Waals surface area contributed by atoms with Gasteiger partial charge in [-0.3, -0.25) is 9.59 Å². The average molecular weight is 457 g/mol. The topological polar surface area (TPSA) is 86.0 Å². The number of aromatic amines is 1. The highest BCUT2D eigenvalue weighted by atomic mass is 35.5. The molecular formula is C23H25ClN4O2S. The number of thiophene rings is 1. The van der Waals surface area contributed by atoms with Crippen molar-refractivity contribution in [2.75, 3.05) is 6.54 Å². The van der Waals surface area contributed by atoms with Crippen molar-refractivity contribution in [3.8, 4) is 0 Å². The molecule has 2 aromatic heterocycles. The minimum absolute atomic E-state index is 0.0363. The molecule has 3 heterocycles. The Morgan fingerprint density at radius 1 is 1.03 bits per heavy atom. The zero-order chi connectivity index (χ0) is 21.4. The monoisotopic (exact) mass is 456 g/mol. The Morgan fingerprint density at radius 2 is 1.81 bits per heavy atom. The molecule has 6 nitrogen and oxygen atoms in total. The van der Waals surface area contributed by atoms with Crippen LogP contribution in [0, 0.1) is 0 Å². The third-order valence-electron chi connectivity index (χ3n) is 6.19. The molecule has 31 heavy (non-hydrogen) atoms. The number of hydrogen-bond donors (Lipinski definition) is 4. The Morgan fingerprint density at radius 3 is 2.58 bits per heavy atom. The number of aromatic nitrogens is 1. The molecule has 1 unspecified atom stereocenters. The van der Waals surface area contributed by atoms with Crippen LogP contribution in [0.25, 0.3) is 10.9 Å². The summed E-state index contributed by atoms with van der Waals surface area (Å²) >= 11 is 7.65. The summed E-state index contributed by atoms with van der Waals surface area (Å²) in [6, 6.07) is 9.17. The summed E-state index contributed by atoms with van der Waals surface area (Å²) in [7, 11) is 0. The summed E-state index contributed by atoms with van der Waals surface area (Å²) in [4.78, 5) is 31.1. The first kappa shape index (κ1) is 20.5. The van der Waals surface area contributed by atoms with Gasteiger partial charge in [0.15, 0.2) is 0 Å². The summed E-state index contributed by atoms with van der Waals surface area (Å²) in [6.45, 7) is 1.79. The van der Waals surface area contributed by atoms with Crippen LogP contribution < -0.4 is 16.0 Å². The largest absolute Gasteiger partial charge is 0.351 e. The molecule has 0 bridgehead atoms. The Labute approximate surface area is 189 Å². The van der Waals surface area contributed by atoms with Crippen molar-refractivity contribution in [1.82, 2.24) is 20.9 Å². The molecule has 1 aliphatic carbocycles. The molecule has 4 N–H and O–H groups in total. The molecule has 5 rings (SSSR count). The molecular weight excluding hydrogens is 432 g/mol. The van der Waals surface area contributed by atoms with Gasteiger partial charge in [0.05, 0.1) is 4.88 Å². The molecule has 8 heteroatoms. The number of fused-ring (bicyclic) bond motifs is 2. The molecule has 2 amide bonds. The Balaban J connectivity index is 1.28. The summed E-state index contributed by atoms with van der Waals surface area (Å²) in [5.41, 5.74) is 2.61. The van der Waals surface area contributed by atoms with Crippen LogP contribution in [0.2, 0.25) is 5.02 Å². The first-order valence-electron chi connectivity index (χ1n) is 10.8. The van der Waals surface area contributed by atoms with E-state index < -0.39 is 0 Å². The number of H-pyrrole nitrogens is 1. The first-order chi connectivity index (χ1) is 15.1. The van der Waals surface area contributed by atoms with Gasteiger partial charge in [-0.25, -0.2) is 0 Å². The van der Waals surface area contributed by atoms with Crippen LogP contribution in [-0.2, 0) is 13.0 Å². The summed E-state index contributed by atoms with van der Waals surface area (Å²) in [5, 5.41) is 11.2. The third-order valence-corrected chi connectivity index (χ3v) is 7.66. The highest BCUT2D eigenvalue weighted by Crippen LogP contribution is 2.26. The van der Waals surface area contributed by atoms with E-state index in [0.717, 1.165) is 61.0 Å². The molecule has 0 spiro atoms. The number of carbonyl (C=O) groups excluding carboxylic acids is 2. The highest BCUT2D eigenvalue weighted by molar-refractivity contribution is 7.14. The van der Waals surface area contributed by atoms with E-state index in [4.69, 9.17) is 11.6 Å². The zero-order valence-corrected chi connectivity index (χ0v) is 18.7. The number of hydrogen-bond acceptors (Lipinski definition) is 4. The minimum atomic E-state index is -0.156. The van der Waals surface area contributed by atoms with Crippen molar-refractivity contribution in [3.63, 3.8) is 0 Å².